The Bertz CT molecular complexity index is 394. The Kier molecular flexibility index (Phi) is 8.29. The van der Waals surface area contributed by atoms with Crippen molar-refractivity contribution in [2.75, 3.05) is 27.2 Å². The minimum Gasteiger partial charge on any atom is -0.469 e. The van der Waals surface area contributed by atoms with Crippen LogP contribution in [0.1, 0.15) is 45.4 Å². The number of likely N-dealkylation sites (tertiary alicyclic amines) is 1. The number of carbonyl (C=O) groups excluding carboxylic acids is 2. The van der Waals surface area contributed by atoms with E-state index in [0.717, 1.165) is 51.6 Å². The first-order chi connectivity index (χ1) is 10.5. The minimum atomic E-state index is -0.278. The fourth-order valence-electron chi connectivity index (χ4n) is 3.31. The van der Waals surface area contributed by atoms with Crippen molar-refractivity contribution >= 4 is 24.3 Å². The highest BCUT2D eigenvalue weighted by molar-refractivity contribution is 5.85. The Morgan fingerprint density at radius 3 is 2.17 bits per heavy atom. The highest BCUT2D eigenvalue weighted by atomic mass is 35.5. The number of ether oxygens (including phenoxy) is 2. The van der Waals surface area contributed by atoms with Gasteiger partial charge in [0, 0.05) is 27.1 Å². The number of carbonyl (C=O) groups is 2. The normalized spacial score (nSPS) is 26.2. The second kappa shape index (κ2) is 9.45. The van der Waals surface area contributed by atoms with E-state index >= 15 is 0 Å². The van der Waals surface area contributed by atoms with Crippen molar-refractivity contribution in [1.29, 1.82) is 0 Å². The van der Waals surface area contributed by atoms with E-state index < -0.39 is 0 Å². The maximum absolute atomic E-state index is 11.7. The highest BCUT2D eigenvalue weighted by Crippen LogP contribution is 2.29. The lowest BCUT2D eigenvalue weighted by Crippen LogP contribution is -2.51. The molecule has 1 aliphatic carbocycles. The second-order valence-electron chi connectivity index (χ2n) is 6.33. The summed E-state index contributed by atoms with van der Waals surface area (Å²) in [7, 11) is 3.24. The Morgan fingerprint density at radius 1 is 1.13 bits per heavy atom. The summed E-state index contributed by atoms with van der Waals surface area (Å²) in [4.78, 5) is 27.2. The average Bonchev–Trinajstić information content (AvgIpc) is 3.05. The van der Waals surface area contributed by atoms with Gasteiger partial charge >= 0.3 is 5.97 Å². The van der Waals surface area contributed by atoms with Crippen LogP contribution < -0.4 is 0 Å². The topological polar surface area (TPSA) is 59.1 Å². The van der Waals surface area contributed by atoms with Gasteiger partial charge in [-0.3, -0.25) is 14.5 Å². The molecule has 1 saturated carbocycles. The molecule has 1 heterocycles. The molecule has 2 rings (SSSR count). The lowest BCUT2D eigenvalue weighted by atomic mass is 9.87. The van der Waals surface area contributed by atoms with Crippen LogP contribution in [-0.4, -0.2) is 61.4 Å². The molecule has 1 saturated heterocycles. The van der Waals surface area contributed by atoms with Gasteiger partial charge in [-0.05, 0) is 38.5 Å². The molecule has 23 heavy (non-hydrogen) atoms. The summed E-state index contributed by atoms with van der Waals surface area (Å²) < 4.78 is 11.1. The summed E-state index contributed by atoms with van der Waals surface area (Å²) in [5.41, 5.74) is 0. The molecule has 1 amide bonds. The molecule has 1 unspecified atom stereocenters. The van der Waals surface area contributed by atoms with Crippen LogP contribution in [0.3, 0.4) is 0 Å². The van der Waals surface area contributed by atoms with E-state index in [4.69, 9.17) is 9.47 Å². The third-order valence-electron chi connectivity index (χ3n) is 4.80. The zero-order valence-corrected chi connectivity index (χ0v) is 15.1. The van der Waals surface area contributed by atoms with Gasteiger partial charge in [0.05, 0.1) is 19.1 Å². The molecular formula is C16H29ClN2O4. The number of hydrogen-bond donors (Lipinski definition) is 0. The standard InChI is InChI=1S/C16H28N2O4.ClH/c1-12(19)17(2)16(18-10-4-5-11-18)22-14-8-6-13(7-9-14)15(20)21-3;/h13-14,16H,4-11H2,1-3H3;1H/t13-,14-,16?;. The summed E-state index contributed by atoms with van der Waals surface area (Å²) >= 11 is 0. The van der Waals surface area contributed by atoms with Crippen LogP contribution in [0.4, 0.5) is 0 Å². The van der Waals surface area contributed by atoms with E-state index in [0.29, 0.717) is 0 Å². The molecule has 0 N–H and O–H groups in total. The average molecular weight is 349 g/mol. The molecule has 0 bridgehead atoms. The maximum Gasteiger partial charge on any atom is 0.308 e. The van der Waals surface area contributed by atoms with Crippen molar-refractivity contribution < 1.29 is 19.1 Å². The predicted molar refractivity (Wildman–Crippen MR) is 89.1 cm³/mol. The fourth-order valence-corrected chi connectivity index (χ4v) is 3.31. The van der Waals surface area contributed by atoms with E-state index in [9.17, 15) is 9.59 Å². The Balaban J connectivity index is 0.00000264. The van der Waals surface area contributed by atoms with Crippen molar-refractivity contribution in [3.8, 4) is 0 Å². The molecule has 0 aromatic carbocycles. The molecule has 0 aromatic heterocycles. The van der Waals surface area contributed by atoms with E-state index in [1.54, 1.807) is 18.9 Å². The van der Waals surface area contributed by atoms with Gasteiger partial charge in [0.25, 0.3) is 0 Å². The molecule has 0 radical (unpaired) electrons. The van der Waals surface area contributed by atoms with E-state index in [1.807, 2.05) is 0 Å². The predicted octanol–water partition coefficient (Wildman–Crippen LogP) is 2.01. The van der Waals surface area contributed by atoms with Crippen LogP contribution in [0, 0.1) is 5.92 Å². The van der Waals surface area contributed by atoms with Crippen molar-refractivity contribution in [2.24, 2.45) is 5.92 Å². The van der Waals surface area contributed by atoms with Crippen molar-refractivity contribution in [3.63, 3.8) is 0 Å². The summed E-state index contributed by atoms with van der Waals surface area (Å²) in [5.74, 6) is -0.101. The first kappa shape index (κ1) is 20.2. The Labute approximate surface area is 144 Å². The summed E-state index contributed by atoms with van der Waals surface area (Å²) in [6.45, 7) is 3.51. The van der Waals surface area contributed by atoms with Crippen LogP contribution in [0.2, 0.25) is 0 Å². The van der Waals surface area contributed by atoms with Gasteiger partial charge in [0.1, 0.15) is 0 Å². The molecular weight excluding hydrogens is 320 g/mol. The van der Waals surface area contributed by atoms with Crippen molar-refractivity contribution in [2.45, 2.75) is 57.9 Å². The number of methoxy groups -OCH3 is 1. The molecule has 134 valence electrons. The van der Waals surface area contributed by atoms with Gasteiger partial charge in [-0.25, -0.2) is 0 Å². The molecule has 2 aliphatic rings. The molecule has 7 heteroatoms. The van der Waals surface area contributed by atoms with Crippen LogP contribution >= 0.6 is 12.4 Å². The maximum atomic E-state index is 11.7. The van der Waals surface area contributed by atoms with Gasteiger partial charge in [-0.15, -0.1) is 12.4 Å². The zero-order valence-electron chi connectivity index (χ0n) is 14.3. The summed E-state index contributed by atoms with van der Waals surface area (Å²) in [6.07, 6.45) is 5.42. The third-order valence-corrected chi connectivity index (χ3v) is 4.80. The molecule has 1 atom stereocenters. The molecule has 2 fully saturated rings. The van der Waals surface area contributed by atoms with Crippen LogP contribution in [0.15, 0.2) is 0 Å². The quantitative estimate of drug-likeness (QED) is 0.562. The van der Waals surface area contributed by atoms with Gasteiger partial charge in [-0.1, -0.05) is 0 Å². The molecule has 0 aromatic rings. The van der Waals surface area contributed by atoms with Gasteiger partial charge in [0.15, 0.2) is 6.35 Å². The number of hydrogen-bond acceptors (Lipinski definition) is 5. The minimum absolute atomic E-state index is 0. The van der Waals surface area contributed by atoms with Crippen molar-refractivity contribution in [3.05, 3.63) is 0 Å². The molecule has 6 nitrogen and oxygen atoms in total. The first-order valence-corrected chi connectivity index (χ1v) is 8.23. The van der Waals surface area contributed by atoms with Gasteiger partial charge in [-0.2, -0.15) is 0 Å². The zero-order chi connectivity index (χ0) is 16.1. The Hall–Kier alpha value is -0.850. The SMILES string of the molecule is COC(=O)[C@H]1CC[C@H](OC(N2CCCC2)N(C)C(C)=O)CC1.Cl. The van der Waals surface area contributed by atoms with Gasteiger partial charge < -0.3 is 14.4 Å². The third kappa shape index (κ3) is 5.33. The second-order valence-corrected chi connectivity index (χ2v) is 6.33. The first-order valence-electron chi connectivity index (χ1n) is 8.23. The number of esters is 1. The lowest BCUT2D eigenvalue weighted by Gasteiger charge is -2.38. The van der Waals surface area contributed by atoms with E-state index in [-0.39, 0.29) is 42.7 Å². The van der Waals surface area contributed by atoms with Crippen LogP contribution in [0.25, 0.3) is 0 Å². The summed E-state index contributed by atoms with van der Waals surface area (Å²) in [6, 6.07) is 0. The monoisotopic (exact) mass is 348 g/mol. The number of amides is 1. The number of rotatable bonds is 5. The molecule has 1 aliphatic heterocycles. The number of halogens is 1. The van der Waals surface area contributed by atoms with Gasteiger partial charge in [0.2, 0.25) is 5.91 Å². The Morgan fingerprint density at radius 2 is 1.70 bits per heavy atom. The van der Waals surface area contributed by atoms with Crippen LogP contribution in [-0.2, 0) is 19.1 Å². The summed E-state index contributed by atoms with van der Waals surface area (Å²) in [5, 5.41) is 0. The van der Waals surface area contributed by atoms with E-state index in [2.05, 4.69) is 4.90 Å². The lowest BCUT2D eigenvalue weighted by molar-refractivity contribution is -0.185. The van der Waals surface area contributed by atoms with Crippen molar-refractivity contribution in [1.82, 2.24) is 9.80 Å². The fraction of sp³-hybridized carbons (Fsp3) is 0.875. The molecule has 0 spiro atoms. The smallest absolute Gasteiger partial charge is 0.308 e. The number of nitrogens with zero attached hydrogens (tertiary/aromatic N) is 2. The largest absolute Gasteiger partial charge is 0.469 e. The van der Waals surface area contributed by atoms with Crippen LogP contribution in [0.5, 0.6) is 0 Å². The highest BCUT2D eigenvalue weighted by Gasteiger charge is 2.33. The van der Waals surface area contributed by atoms with E-state index in [1.165, 1.54) is 7.11 Å².